The Bertz CT molecular complexity index is 652. The van der Waals surface area contributed by atoms with Gasteiger partial charge in [0.15, 0.2) is 0 Å². The highest BCUT2D eigenvalue weighted by molar-refractivity contribution is 5.87. The van der Waals surface area contributed by atoms with E-state index in [0.717, 1.165) is 24.8 Å². The van der Waals surface area contributed by atoms with E-state index >= 15 is 0 Å². The number of carbonyl (C=O) groups is 1. The van der Waals surface area contributed by atoms with Crippen molar-refractivity contribution < 1.29 is 15.0 Å². The second kappa shape index (κ2) is 4.35. The van der Waals surface area contributed by atoms with Crippen LogP contribution in [-0.4, -0.2) is 22.1 Å². The van der Waals surface area contributed by atoms with E-state index in [1.165, 1.54) is 5.56 Å². The number of benzene rings is 1. The third kappa shape index (κ3) is 1.58. The Balaban J connectivity index is 1.85. The van der Waals surface area contributed by atoms with Gasteiger partial charge in [0.05, 0.1) is 6.10 Å². The molecule has 2 fully saturated rings. The Morgan fingerprint density at radius 3 is 2.77 bits per heavy atom. The van der Waals surface area contributed by atoms with Crippen LogP contribution in [-0.2, 0) is 11.2 Å². The second-order valence-electron chi connectivity index (χ2n) is 7.99. The maximum Gasteiger partial charge on any atom is 0.139 e. The van der Waals surface area contributed by atoms with Gasteiger partial charge in [-0.05, 0) is 60.8 Å². The highest BCUT2D eigenvalue weighted by Gasteiger charge is 2.62. The number of carbonyl (C=O) groups excluding carboxylic acids is 1. The summed E-state index contributed by atoms with van der Waals surface area (Å²) in [5.41, 5.74) is 1.86. The van der Waals surface area contributed by atoms with Gasteiger partial charge in [0.1, 0.15) is 11.5 Å². The predicted octanol–water partition coefficient (Wildman–Crippen LogP) is 3.18. The highest BCUT2D eigenvalue weighted by Crippen LogP contribution is 2.65. The summed E-state index contributed by atoms with van der Waals surface area (Å²) in [4.78, 5) is 12.4. The summed E-state index contributed by atoms with van der Waals surface area (Å²) in [6, 6.07) is 5.58. The largest absolute Gasteiger partial charge is 0.508 e. The fraction of sp³-hybridized carbons (Fsp3) is 0.632. The van der Waals surface area contributed by atoms with Crippen LogP contribution in [0.15, 0.2) is 18.2 Å². The lowest BCUT2D eigenvalue weighted by molar-refractivity contribution is -0.139. The summed E-state index contributed by atoms with van der Waals surface area (Å²) >= 11 is 0. The van der Waals surface area contributed by atoms with Crippen molar-refractivity contribution in [1.82, 2.24) is 0 Å². The molecule has 2 unspecified atom stereocenters. The summed E-state index contributed by atoms with van der Waals surface area (Å²) in [7, 11) is 0. The van der Waals surface area contributed by atoms with Gasteiger partial charge < -0.3 is 10.2 Å². The van der Waals surface area contributed by atoms with Crippen LogP contribution < -0.4 is 0 Å². The van der Waals surface area contributed by atoms with Crippen molar-refractivity contribution in [2.45, 2.75) is 58.0 Å². The summed E-state index contributed by atoms with van der Waals surface area (Å²) in [5, 5.41) is 20.7. The van der Waals surface area contributed by atoms with Crippen molar-refractivity contribution in [1.29, 1.82) is 0 Å². The zero-order valence-electron chi connectivity index (χ0n) is 13.3. The normalized spacial score (nSPS) is 43.4. The van der Waals surface area contributed by atoms with Crippen LogP contribution in [0.4, 0.5) is 0 Å². The van der Waals surface area contributed by atoms with Gasteiger partial charge in [-0.25, -0.2) is 0 Å². The quantitative estimate of drug-likeness (QED) is 0.773. The molecule has 0 radical (unpaired) electrons. The number of Topliss-reactive ketones (excluding diaryl/α,β-unsaturated/α-hetero) is 1. The van der Waals surface area contributed by atoms with Crippen LogP contribution in [0, 0.1) is 16.7 Å². The molecular weight excluding hydrogens is 276 g/mol. The second-order valence-corrected chi connectivity index (χ2v) is 7.99. The van der Waals surface area contributed by atoms with E-state index in [4.69, 9.17) is 0 Å². The monoisotopic (exact) mass is 300 g/mol. The van der Waals surface area contributed by atoms with Crippen LogP contribution >= 0.6 is 0 Å². The van der Waals surface area contributed by atoms with E-state index in [-0.39, 0.29) is 28.4 Å². The van der Waals surface area contributed by atoms with Crippen molar-refractivity contribution in [2.75, 3.05) is 0 Å². The highest BCUT2D eigenvalue weighted by atomic mass is 16.3. The van der Waals surface area contributed by atoms with E-state index in [1.54, 1.807) is 12.1 Å². The molecule has 3 aliphatic carbocycles. The third-order valence-corrected chi connectivity index (χ3v) is 7.15. The minimum atomic E-state index is -0.442. The number of ketones is 1. The minimum absolute atomic E-state index is 0.233. The molecule has 3 heteroatoms. The number of fused-ring (bicyclic) bond motifs is 5. The standard InChI is InChI=1S/C19H24O3/c1-18-8-7-14-13-4-3-12(20)9-11(13)10-17(22)19(14,2)15(18)5-6-16(18)21/h3-4,9,14-15,17,20,22H,5-8,10H2,1-2H3/t14-,15-,17?,18+,19?/m1/s1. The molecule has 1 aromatic rings. The Morgan fingerprint density at radius 1 is 1.23 bits per heavy atom. The fourth-order valence-electron chi connectivity index (χ4n) is 5.88. The molecule has 2 saturated carbocycles. The van der Waals surface area contributed by atoms with Gasteiger partial charge in [-0.2, -0.15) is 0 Å². The van der Waals surface area contributed by atoms with E-state index in [9.17, 15) is 15.0 Å². The molecule has 22 heavy (non-hydrogen) atoms. The van der Waals surface area contributed by atoms with Crippen molar-refractivity contribution in [2.24, 2.45) is 16.7 Å². The number of aromatic hydroxyl groups is 1. The molecule has 1 aromatic carbocycles. The number of rotatable bonds is 0. The summed E-state index contributed by atoms with van der Waals surface area (Å²) in [5.74, 6) is 1.21. The molecule has 2 N–H and O–H groups in total. The van der Waals surface area contributed by atoms with Crippen LogP contribution in [0.25, 0.3) is 0 Å². The first-order valence-electron chi connectivity index (χ1n) is 8.40. The van der Waals surface area contributed by atoms with Crippen LogP contribution in [0.2, 0.25) is 0 Å². The summed E-state index contributed by atoms with van der Waals surface area (Å²) in [6.45, 7) is 4.31. The van der Waals surface area contributed by atoms with Gasteiger partial charge in [-0.15, -0.1) is 0 Å². The average molecular weight is 300 g/mol. The zero-order chi connectivity index (χ0) is 15.7. The first kappa shape index (κ1) is 14.3. The van der Waals surface area contributed by atoms with Crippen molar-refractivity contribution >= 4 is 5.78 Å². The lowest BCUT2D eigenvalue weighted by Crippen LogP contribution is -2.55. The lowest BCUT2D eigenvalue weighted by atomic mass is 9.47. The Hall–Kier alpha value is -1.35. The molecule has 118 valence electrons. The lowest BCUT2D eigenvalue weighted by Gasteiger charge is -2.57. The zero-order valence-corrected chi connectivity index (χ0v) is 13.3. The molecule has 0 heterocycles. The maximum absolute atomic E-state index is 12.4. The number of phenolic OH excluding ortho intramolecular Hbond substituents is 1. The van der Waals surface area contributed by atoms with Crippen LogP contribution in [0.5, 0.6) is 5.75 Å². The van der Waals surface area contributed by atoms with E-state index in [0.29, 0.717) is 18.6 Å². The number of aliphatic hydroxyl groups excluding tert-OH is 1. The SMILES string of the molecule is CC12C(O)Cc3cc(O)ccc3[C@H]1CC[C@]1(C)C(=O)CC[C@@H]21. The van der Waals surface area contributed by atoms with E-state index in [2.05, 4.69) is 13.8 Å². The van der Waals surface area contributed by atoms with Gasteiger partial charge in [0.2, 0.25) is 0 Å². The van der Waals surface area contributed by atoms with Crippen LogP contribution in [0.1, 0.15) is 56.6 Å². The molecule has 0 aromatic heterocycles. The summed E-state index contributed by atoms with van der Waals surface area (Å²) in [6.07, 6.45) is 3.58. The van der Waals surface area contributed by atoms with Gasteiger partial charge in [-0.1, -0.05) is 19.9 Å². The molecule has 0 aliphatic heterocycles. The van der Waals surface area contributed by atoms with Crippen molar-refractivity contribution in [3.8, 4) is 5.75 Å². The van der Waals surface area contributed by atoms with Gasteiger partial charge in [-0.3, -0.25) is 4.79 Å². The van der Waals surface area contributed by atoms with Gasteiger partial charge in [0, 0.05) is 17.3 Å². The first-order chi connectivity index (χ1) is 10.4. The molecule has 3 aliphatic rings. The van der Waals surface area contributed by atoms with Gasteiger partial charge in [0.25, 0.3) is 0 Å². The number of phenols is 1. The molecule has 0 spiro atoms. The maximum atomic E-state index is 12.4. The first-order valence-corrected chi connectivity index (χ1v) is 8.40. The van der Waals surface area contributed by atoms with Crippen molar-refractivity contribution in [3.05, 3.63) is 29.3 Å². The third-order valence-electron chi connectivity index (χ3n) is 7.15. The van der Waals surface area contributed by atoms with E-state index in [1.807, 2.05) is 6.07 Å². The minimum Gasteiger partial charge on any atom is -0.508 e. The molecule has 4 rings (SSSR count). The molecular formula is C19H24O3. The van der Waals surface area contributed by atoms with Crippen LogP contribution in [0.3, 0.4) is 0 Å². The number of aliphatic hydroxyl groups is 1. The average Bonchev–Trinajstić information content (AvgIpc) is 2.77. The molecule has 0 bridgehead atoms. The predicted molar refractivity (Wildman–Crippen MR) is 83.7 cm³/mol. The number of hydrogen-bond acceptors (Lipinski definition) is 3. The van der Waals surface area contributed by atoms with Crippen molar-refractivity contribution in [3.63, 3.8) is 0 Å². The molecule has 0 amide bonds. The number of hydrogen-bond donors (Lipinski definition) is 2. The molecule has 3 nitrogen and oxygen atoms in total. The molecule has 5 atom stereocenters. The van der Waals surface area contributed by atoms with E-state index < -0.39 is 6.10 Å². The Kier molecular flexibility index (Phi) is 2.82. The Morgan fingerprint density at radius 2 is 2.00 bits per heavy atom. The fourth-order valence-corrected chi connectivity index (χ4v) is 5.88. The topological polar surface area (TPSA) is 57.5 Å². The molecule has 0 saturated heterocycles. The Labute approximate surface area is 131 Å². The smallest absolute Gasteiger partial charge is 0.139 e. The van der Waals surface area contributed by atoms with Gasteiger partial charge >= 0.3 is 0 Å². The summed E-state index contributed by atoms with van der Waals surface area (Å²) < 4.78 is 0.